The average molecular weight is 218 g/mol. The second kappa shape index (κ2) is 6.45. The molecule has 0 aliphatic carbocycles. The van der Waals surface area contributed by atoms with Gasteiger partial charge in [-0.2, -0.15) is 0 Å². The van der Waals surface area contributed by atoms with Gasteiger partial charge in [-0.05, 0) is 18.2 Å². The lowest BCUT2D eigenvalue weighted by Gasteiger charge is -2.05. The summed E-state index contributed by atoms with van der Waals surface area (Å²) in [4.78, 5) is 11.5. The van der Waals surface area contributed by atoms with Crippen LogP contribution in [-0.2, 0) is 4.74 Å². The summed E-state index contributed by atoms with van der Waals surface area (Å²) in [6, 6.07) is 6.82. The van der Waals surface area contributed by atoms with Gasteiger partial charge >= 0.3 is 5.97 Å². The smallest absolute Gasteiger partial charge is 0.338 e. The molecule has 0 atom stereocenters. The van der Waals surface area contributed by atoms with E-state index in [-0.39, 0.29) is 12.6 Å². The highest BCUT2D eigenvalue weighted by molar-refractivity contribution is 5.89. The van der Waals surface area contributed by atoms with Gasteiger partial charge in [0.05, 0.1) is 5.56 Å². The number of carbonyl (C=O) groups excluding carboxylic acids is 1. The molecular weight excluding hydrogens is 204 g/mol. The molecule has 0 aliphatic heterocycles. The fourth-order valence-electron chi connectivity index (χ4n) is 1.09. The summed E-state index contributed by atoms with van der Waals surface area (Å²) >= 11 is 0. The van der Waals surface area contributed by atoms with Crippen LogP contribution in [0.2, 0.25) is 0 Å². The van der Waals surface area contributed by atoms with Gasteiger partial charge < -0.3 is 9.47 Å². The number of hydrogen-bond donors (Lipinski definition) is 0. The van der Waals surface area contributed by atoms with Gasteiger partial charge in [0.15, 0.2) is 0 Å². The van der Waals surface area contributed by atoms with Crippen molar-refractivity contribution < 1.29 is 14.3 Å². The second-order valence-corrected chi connectivity index (χ2v) is 3.01. The van der Waals surface area contributed by atoms with Crippen LogP contribution in [0.25, 0.3) is 0 Å². The fourth-order valence-corrected chi connectivity index (χ4v) is 1.09. The summed E-state index contributed by atoms with van der Waals surface area (Å²) in [6.45, 7) is 7.63. The predicted molar refractivity (Wildman–Crippen MR) is 62.6 cm³/mol. The molecule has 1 rings (SSSR count). The van der Waals surface area contributed by atoms with E-state index in [2.05, 4.69) is 13.2 Å². The molecule has 1 aromatic rings. The third-order valence-electron chi connectivity index (χ3n) is 1.77. The maximum absolute atomic E-state index is 11.5. The van der Waals surface area contributed by atoms with Crippen molar-refractivity contribution in [1.29, 1.82) is 0 Å². The molecule has 3 nitrogen and oxygen atoms in total. The molecule has 16 heavy (non-hydrogen) atoms. The molecule has 0 bridgehead atoms. The third kappa shape index (κ3) is 3.61. The quantitative estimate of drug-likeness (QED) is 0.544. The largest absolute Gasteiger partial charge is 0.490 e. The van der Waals surface area contributed by atoms with Gasteiger partial charge in [-0.25, -0.2) is 4.79 Å². The van der Waals surface area contributed by atoms with Gasteiger partial charge in [0.1, 0.15) is 19.0 Å². The Balaban J connectivity index is 2.69. The van der Waals surface area contributed by atoms with Crippen molar-refractivity contribution in [2.75, 3.05) is 13.2 Å². The molecule has 0 fully saturated rings. The first-order chi connectivity index (χ1) is 7.77. The highest BCUT2D eigenvalue weighted by atomic mass is 16.5. The number of hydrogen-bond acceptors (Lipinski definition) is 3. The minimum Gasteiger partial charge on any atom is -0.490 e. The Morgan fingerprint density at radius 1 is 1.25 bits per heavy atom. The second-order valence-electron chi connectivity index (χ2n) is 3.01. The van der Waals surface area contributed by atoms with Crippen molar-refractivity contribution in [2.24, 2.45) is 0 Å². The van der Waals surface area contributed by atoms with Gasteiger partial charge in [0, 0.05) is 0 Å². The van der Waals surface area contributed by atoms with Crippen molar-refractivity contribution >= 4 is 5.97 Å². The Labute approximate surface area is 95.0 Å². The van der Waals surface area contributed by atoms with Crippen LogP contribution in [0.15, 0.2) is 49.6 Å². The van der Waals surface area contributed by atoms with Crippen LogP contribution in [0.4, 0.5) is 0 Å². The standard InChI is InChI=1S/C13H14O3/c1-3-8-15-12-7-5-6-11(10-12)13(14)16-9-4-2/h3-7,10H,1-2,8-9H2. The zero-order valence-electron chi connectivity index (χ0n) is 9.02. The van der Waals surface area contributed by atoms with Crippen molar-refractivity contribution in [3.63, 3.8) is 0 Å². The first-order valence-electron chi connectivity index (χ1n) is 4.89. The summed E-state index contributed by atoms with van der Waals surface area (Å²) in [7, 11) is 0. The third-order valence-corrected chi connectivity index (χ3v) is 1.77. The van der Waals surface area contributed by atoms with Crippen molar-refractivity contribution in [3.05, 3.63) is 55.1 Å². The van der Waals surface area contributed by atoms with E-state index >= 15 is 0 Å². The predicted octanol–water partition coefficient (Wildman–Crippen LogP) is 2.59. The normalized spacial score (nSPS) is 9.25. The molecule has 0 spiro atoms. The van der Waals surface area contributed by atoms with E-state index in [1.54, 1.807) is 30.3 Å². The van der Waals surface area contributed by atoms with Gasteiger partial charge in [0.2, 0.25) is 0 Å². The van der Waals surface area contributed by atoms with E-state index in [1.165, 1.54) is 6.08 Å². The summed E-state index contributed by atoms with van der Waals surface area (Å²) in [6.07, 6.45) is 3.17. The van der Waals surface area contributed by atoms with E-state index < -0.39 is 0 Å². The Kier molecular flexibility index (Phi) is 4.86. The fraction of sp³-hybridized carbons (Fsp3) is 0.154. The monoisotopic (exact) mass is 218 g/mol. The molecule has 0 radical (unpaired) electrons. The first-order valence-corrected chi connectivity index (χ1v) is 4.89. The molecular formula is C13H14O3. The topological polar surface area (TPSA) is 35.5 Å². The van der Waals surface area contributed by atoms with Gasteiger partial charge in [0.25, 0.3) is 0 Å². The Morgan fingerprint density at radius 2 is 2.00 bits per heavy atom. The highest BCUT2D eigenvalue weighted by Gasteiger charge is 2.06. The molecule has 0 aromatic heterocycles. The molecule has 0 heterocycles. The number of carbonyl (C=O) groups is 1. The molecule has 0 saturated heterocycles. The lowest BCUT2D eigenvalue weighted by Crippen LogP contribution is -2.05. The van der Waals surface area contributed by atoms with Gasteiger partial charge in [-0.3, -0.25) is 0 Å². The maximum atomic E-state index is 11.5. The summed E-state index contributed by atoms with van der Waals surface area (Å²) in [5, 5.41) is 0. The first kappa shape index (κ1) is 12.0. The van der Waals surface area contributed by atoms with Crippen LogP contribution in [0.5, 0.6) is 5.75 Å². The molecule has 0 N–H and O–H groups in total. The van der Waals surface area contributed by atoms with Gasteiger partial charge in [-0.15, -0.1) is 0 Å². The summed E-state index contributed by atoms with van der Waals surface area (Å²) in [5.41, 5.74) is 0.461. The van der Waals surface area contributed by atoms with Crippen molar-refractivity contribution in [3.8, 4) is 5.75 Å². The summed E-state index contributed by atoms with van der Waals surface area (Å²) in [5.74, 6) is 0.233. The van der Waals surface area contributed by atoms with Gasteiger partial charge in [-0.1, -0.05) is 31.4 Å². The zero-order valence-corrected chi connectivity index (χ0v) is 9.02. The minimum absolute atomic E-state index is 0.205. The highest BCUT2D eigenvalue weighted by Crippen LogP contribution is 2.14. The lowest BCUT2D eigenvalue weighted by atomic mass is 10.2. The Hall–Kier alpha value is -2.03. The molecule has 0 saturated carbocycles. The van der Waals surface area contributed by atoms with Crippen LogP contribution in [0.3, 0.4) is 0 Å². The molecule has 3 heteroatoms. The van der Waals surface area contributed by atoms with E-state index in [1.807, 2.05) is 0 Å². The molecule has 0 amide bonds. The minimum atomic E-state index is -0.385. The van der Waals surface area contributed by atoms with Crippen LogP contribution < -0.4 is 4.74 Å². The number of ether oxygens (including phenoxy) is 2. The molecule has 84 valence electrons. The average Bonchev–Trinajstić information content (AvgIpc) is 2.33. The van der Waals surface area contributed by atoms with Crippen molar-refractivity contribution in [2.45, 2.75) is 0 Å². The van der Waals surface area contributed by atoms with Crippen molar-refractivity contribution in [1.82, 2.24) is 0 Å². The SMILES string of the molecule is C=CCOC(=O)c1cccc(OCC=C)c1. The van der Waals surface area contributed by atoms with Crippen LogP contribution in [0.1, 0.15) is 10.4 Å². The maximum Gasteiger partial charge on any atom is 0.338 e. The van der Waals surface area contributed by atoms with E-state index in [0.717, 1.165) is 0 Å². The molecule has 0 unspecified atom stereocenters. The van der Waals surface area contributed by atoms with Crippen LogP contribution >= 0.6 is 0 Å². The van der Waals surface area contributed by atoms with Crippen LogP contribution in [0, 0.1) is 0 Å². The zero-order chi connectivity index (χ0) is 11.8. The van der Waals surface area contributed by atoms with E-state index in [0.29, 0.717) is 17.9 Å². The van der Waals surface area contributed by atoms with E-state index in [4.69, 9.17) is 9.47 Å². The summed E-state index contributed by atoms with van der Waals surface area (Å²) < 4.78 is 10.2. The molecule has 1 aromatic carbocycles. The number of esters is 1. The van der Waals surface area contributed by atoms with Crippen LogP contribution in [-0.4, -0.2) is 19.2 Å². The number of rotatable bonds is 6. The van der Waals surface area contributed by atoms with E-state index in [9.17, 15) is 4.79 Å². The lowest BCUT2D eigenvalue weighted by molar-refractivity contribution is 0.0549. The number of benzene rings is 1. The Bertz CT molecular complexity index is 383. The Morgan fingerprint density at radius 3 is 2.69 bits per heavy atom. The molecule has 0 aliphatic rings.